The molecule has 0 N–H and O–H groups in total. The molecule has 1 saturated carbocycles. The van der Waals surface area contributed by atoms with Gasteiger partial charge in [0.05, 0.1) is 0 Å². The van der Waals surface area contributed by atoms with Crippen molar-refractivity contribution in [3.05, 3.63) is 59.7 Å². The zero-order chi connectivity index (χ0) is 18.2. The van der Waals surface area contributed by atoms with Gasteiger partial charge in [-0.05, 0) is 35.4 Å². The Kier molecular flexibility index (Phi) is 4.76. The Labute approximate surface area is 155 Å². The van der Waals surface area contributed by atoms with E-state index < -0.39 is 4.33 Å². The van der Waals surface area contributed by atoms with Gasteiger partial charge in [-0.3, -0.25) is 9.59 Å². The molecule has 2 atom stereocenters. The van der Waals surface area contributed by atoms with Gasteiger partial charge in [0.25, 0.3) is 0 Å². The SMILES string of the molecule is CC(=O)Oc1ccc([C@@H]2[C@H](c3ccc(OC(C)=O)cc3)C2(Cl)Cl)cc1. The highest BCUT2D eigenvalue weighted by Gasteiger charge is 2.64. The third-order valence-corrected chi connectivity index (χ3v) is 5.00. The van der Waals surface area contributed by atoms with Crippen LogP contribution in [0.25, 0.3) is 0 Å². The van der Waals surface area contributed by atoms with E-state index in [1.54, 1.807) is 24.3 Å². The molecule has 1 aliphatic carbocycles. The maximum atomic E-state index is 11.0. The minimum atomic E-state index is -0.911. The van der Waals surface area contributed by atoms with Gasteiger partial charge in [0.15, 0.2) is 0 Å². The number of halogens is 2. The summed E-state index contributed by atoms with van der Waals surface area (Å²) in [5.74, 6) is 0.0920. The second-order valence-electron chi connectivity index (χ2n) is 5.96. The minimum absolute atomic E-state index is 0.0678. The normalized spacial score (nSPS) is 20.6. The van der Waals surface area contributed by atoms with Gasteiger partial charge in [0, 0.05) is 25.7 Å². The molecule has 3 rings (SSSR count). The molecule has 0 amide bonds. The van der Waals surface area contributed by atoms with Crippen molar-refractivity contribution in [1.82, 2.24) is 0 Å². The number of carbonyl (C=O) groups is 2. The van der Waals surface area contributed by atoms with Crippen molar-refractivity contribution in [2.75, 3.05) is 0 Å². The highest BCUT2D eigenvalue weighted by atomic mass is 35.5. The molecule has 1 aliphatic rings. The maximum absolute atomic E-state index is 11.0. The summed E-state index contributed by atoms with van der Waals surface area (Å²) in [7, 11) is 0. The summed E-state index contributed by atoms with van der Waals surface area (Å²) in [6, 6.07) is 14.3. The average molecular weight is 379 g/mol. The van der Waals surface area contributed by atoms with E-state index in [0.717, 1.165) is 11.1 Å². The first-order valence-electron chi connectivity index (χ1n) is 7.73. The van der Waals surface area contributed by atoms with Gasteiger partial charge < -0.3 is 9.47 Å². The molecule has 4 nitrogen and oxygen atoms in total. The van der Waals surface area contributed by atoms with E-state index in [1.165, 1.54) is 13.8 Å². The van der Waals surface area contributed by atoms with Gasteiger partial charge in [0.2, 0.25) is 0 Å². The Morgan fingerprint density at radius 3 is 1.36 bits per heavy atom. The van der Waals surface area contributed by atoms with Crippen LogP contribution in [0.3, 0.4) is 0 Å². The summed E-state index contributed by atoms with van der Waals surface area (Å²) >= 11 is 13.0. The second kappa shape index (κ2) is 6.70. The number of hydrogen-bond donors (Lipinski definition) is 0. The maximum Gasteiger partial charge on any atom is 0.308 e. The fraction of sp³-hybridized carbons (Fsp3) is 0.263. The Morgan fingerprint density at radius 2 is 1.08 bits per heavy atom. The van der Waals surface area contributed by atoms with Gasteiger partial charge in [-0.2, -0.15) is 0 Å². The van der Waals surface area contributed by atoms with Crippen molar-refractivity contribution in [1.29, 1.82) is 0 Å². The highest BCUT2D eigenvalue weighted by Crippen LogP contribution is 2.70. The van der Waals surface area contributed by atoms with Crippen molar-refractivity contribution < 1.29 is 19.1 Å². The summed E-state index contributed by atoms with van der Waals surface area (Å²) < 4.78 is 9.15. The second-order valence-corrected chi connectivity index (χ2v) is 7.40. The van der Waals surface area contributed by atoms with E-state index in [2.05, 4.69) is 0 Å². The molecule has 0 bridgehead atoms. The Hall–Kier alpha value is -2.04. The van der Waals surface area contributed by atoms with Gasteiger partial charge in [-0.1, -0.05) is 24.3 Å². The first-order chi connectivity index (χ1) is 11.8. The summed E-state index contributed by atoms with van der Waals surface area (Å²) in [5.41, 5.74) is 1.94. The lowest BCUT2D eigenvalue weighted by atomic mass is 10.0. The van der Waals surface area contributed by atoms with Crippen LogP contribution in [0.4, 0.5) is 0 Å². The zero-order valence-electron chi connectivity index (χ0n) is 13.7. The van der Waals surface area contributed by atoms with E-state index in [0.29, 0.717) is 11.5 Å². The molecule has 1 fully saturated rings. The van der Waals surface area contributed by atoms with E-state index >= 15 is 0 Å². The van der Waals surface area contributed by atoms with E-state index in [9.17, 15) is 9.59 Å². The lowest BCUT2D eigenvalue weighted by molar-refractivity contribution is -0.132. The molecule has 0 saturated heterocycles. The summed E-state index contributed by atoms with van der Waals surface area (Å²) in [5, 5.41) is 0. The lowest BCUT2D eigenvalue weighted by Crippen LogP contribution is -2.01. The number of esters is 2. The van der Waals surface area contributed by atoms with Crippen molar-refractivity contribution in [3.63, 3.8) is 0 Å². The van der Waals surface area contributed by atoms with Crippen LogP contribution in [-0.4, -0.2) is 16.3 Å². The first kappa shape index (κ1) is 17.8. The number of rotatable bonds is 4. The van der Waals surface area contributed by atoms with Crippen molar-refractivity contribution in [2.45, 2.75) is 30.0 Å². The molecule has 0 aromatic heterocycles. The summed E-state index contributed by atoms with van der Waals surface area (Å²) in [4.78, 5) is 22.0. The third kappa shape index (κ3) is 3.80. The number of ether oxygens (including phenoxy) is 2. The zero-order valence-corrected chi connectivity index (χ0v) is 15.2. The molecule has 0 heterocycles. The Morgan fingerprint density at radius 1 is 0.760 bits per heavy atom. The first-order valence-corrected chi connectivity index (χ1v) is 8.49. The van der Waals surface area contributed by atoms with Gasteiger partial charge in [0.1, 0.15) is 15.8 Å². The molecule has 0 spiro atoms. The predicted molar refractivity (Wildman–Crippen MR) is 95.4 cm³/mol. The van der Waals surface area contributed by atoms with Crippen LogP contribution in [0, 0.1) is 0 Å². The number of carbonyl (C=O) groups excluding carboxylic acids is 2. The van der Waals surface area contributed by atoms with Gasteiger partial charge in [-0.25, -0.2) is 0 Å². The van der Waals surface area contributed by atoms with Crippen LogP contribution >= 0.6 is 23.2 Å². The molecule has 0 aliphatic heterocycles. The van der Waals surface area contributed by atoms with Crippen LogP contribution in [0.15, 0.2) is 48.5 Å². The molecule has 6 heteroatoms. The molecule has 2 aromatic rings. The van der Waals surface area contributed by atoms with Crippen molar-refractivity contribution in [2.24, 2.45) is 0 Å². The van der Waals surface area contributed by atoms with Crippen LogP contribution < -0.4 is 9.47 Å². The van der Waals surface area contributed by atoms with E-state index in [1.807, 2.05) is 24.3 Å². The minimum Gasteiger partial charge on any atom is -0.427 e. The molecule has 25 heavy (non-hydrogen) atoms. The number of alkyl halides is 2. The van der Waals surface area contributed by atoms with Gasteiger partial charge in [-0.15, -0.1) is 23.2 Å². The van der Waals surface area contributed by atoms with Crippen LogP contribution in [0.2, 0.25) is 0 Å². The Bertz CT molecular complexity index is 730. The quantitative estimate of drug-likeness (QED) is 0.443. The third-order valence-electron chi connectivity index (χ3n) is 4.06. The predicted octanol–water partition coefficient (Wildman–Crippen LogP) is 4.59. The van der Waals surface area contributed by atoms with Crippen LogP contribution in [-0.2, 0) is 9.59 Å². The standard InChI is InChI=1S/C19H16Cl2O4/c1-11(22)24-15-7-3-13(4-8-15)17-18(19(17,20)21)14-5-9-16(10-6-14)25-12(2)23/h3-10,17-18H,1-2H3/t17-,18+. The highest BCUT2D eigenvalue weighted by molar-refractivity contribution is 6.52. The summed E-state index contributed by atoms with van der Waals surface area (Å²) in [6.07, 6.45) is 0. The van der Waals surface area contributed by atoms with Crippen LogP contribution in [0.5, 0.6) is 11.5 Å². The topological polar surface area (TPSA) is 52.6 Å². The largest absolute Gasteiger partial charge is 0.427 e. The lowest BCUT2D eigenvalue weighted by Gasteiger charge is -2.05. The van der Waals surface area contributed by atoms with E-state index in [-0.39, 0.29) is 23.8 Å². The van der Waals surface area contributed by atoms with Crippen molar-refractivity contribution >= 4 is 35.1 Å². The fourth-order valence-electron chi connectivity index (χ4n) is 2.97. The number of benzene rings is 2. The summed E-state index contributed by atoms with van der Waals surface area (Å²) in [6.45, 7) is 2.71. The molecule has 130 valence electrons. The fourth-order valence-corrected chi connectivity index (χ4v) is 3.86. The monoisotopic (exact) mass is 378 g/mol. The molecule has 2 aromatic carbocycles. The molecule has 0 unspecified atom stereocenters. The van der Waals surface area contributed by atoms with Gasteiger partial charge >= 0.3 is 11.9 Å². The molecule has 0 radical (unpaired) electrons. The van der Waals surface area contributed by atoms with Crippen LogP contribution in [0.1, 0.15) is 36.8 Å². The molecular formula is C19H16Cl2O4. The number of hydrogen-bond acceptors (Lipinski definition) is 4. The van der Waals surface area contributed by atoms with E-state index in [4.69, 9.17) is 32.7 Å². The molecular weight excluding hydrogens is 363 g/mol. The Balaban J connectivity index is 1.77. The smallest absolute Gasteiger partial charge is 0.308 e. The average Bonchev–Trinajstić information content (AvgIpc) is 3.10. The van der Waals surface area contributed by atoms with Crippen molar-refractivity contribution in [3.8, 4) is 11.5 Å².